The third-order valence-corrected chi connectivity index (χ3v) is 4.73. The van der Waals surface area contributed by atoms with Gasteiger partial charge in [-0.2, -0.15) is 5.10 Å². The first-order chi connectivity index (χ1) is 12.0. The Morgan fingerprint density at radius 1 is 1.12 bits per heavy atom. The van der Waals surface area contributed by atoms with Gasteiger partial charge in [0.1, 0.15) is 0 Å². The van der Waals surface area contributed by atoms with Crippen LogP contribution in [0, 0.1) is 13.8 Å². The summed E-state index contributed by atoms with van der Waals surface area (Å²) in [7, 11) is 0. The minimum Gasteiger partial charge on any atom is -0.332 e. The number of hydrogen-bond donors (Lipinski definition) is 2. The highest BCUT2D eigenvalue weighted by atomic mass is 79.9. The Bertz CT molecular complexity index is 887. The Labute approximate surface area is 161 Å². The van der Waals surface area contributed by atoms with Gasteiger partial charge in [-0.1, -0.05) is 40.2 Å². The van der Waals surface area contributed by atoms with E-state index < -0.39 is 0 Å². The SMILES string of the molecule is Cc1cccc(NC(=S)Nc2cnn(Cc3ccc(Br)cc3)c2)c1C. The maximum Gasteiger partial charge on any atom is 0.175 e. The summed E-state index contributed by atoms with van der Waals surface area (Å²) in [5, 5.41) is 11.4. The van der Waals surface area contributed by atoms with Gasteiger partial charge < -0.3 is 10.6 Å². The van der Waals surface area contributed by atoms with Crippen molar-refractivity contribution in [3.05, 3.63) is 76.0 Å². The Morgan fingerprint density at radius 3 is 2.64 bits per heavy atom. The first kappa shape index (κ1) is 17.6. The number of nitrogens with one attached hydrogen (secondary N) is 2. The lowest BCUT2D eigenvalue weighted by Crippen LogP contribution is -2.19. The van der Waals surface area contributed by atoms with Crippen molar-refractivity contribution in [2.45, 2.75) is 20.4 Å². The summed E-state index contributed by atoms with van der Waals surface area (Å²) >= 11 is 8.85. The monoisotopic (exact) mass is 414 g/mol. The molecule has 1 heterocycles. The molecule has 0 spiro atoms. The van der Waals surface area contributed by atoms with Crippen LogP contribution in [0.15, 0.2) is 59.3 Å². The molecule has 3 rings (SSSR count). The Hall–Kier alpha value is -2.18. The molecule has 6 heteroatoms. The number of anilines is 2. The molecule has 4 nitrogen and oxygen atoms in total. The van der Waals surface area contributed by atoms with Gasteiger partial charge >= 0.3 is 0 Å². The van der Waals surface area contributed by atoms with Crippen LogP contribution in [0.2, 0.25) is 0 Å². The van der Waals surface area contributed by atoms with E-state index in [1.54, 1.807) is 6.20 Å². The summed E-state index contributed by atoms with van der Waals surface area (Å²) in [4.78, 5) is 0. The standard InChI is InChI=1S/C19H19BrN4S/c1-13-4-3-5-18(14(13)2)23-19(25)22-17-10-21-24(12-17)11-15-6-8-16(20)9-7-15/h3-10,12H,11H2,1-2H3,(H2,22,23,25). The van der Waals surface area contributed by atoms with E-state index in [9.17, 15) is 0 Å². The van der Waals surface area contributed by atoms with E-state index in [1.165, 1.54) is 16.7 Å². The molecule has 0 saturated heterocycles. The van der Waals surface area contributed by atoms with E-state index in [0.29, 0.717) is 11.7 Å². The molecule has 0 aliphatic heterocycles. The molecule has 0 saturated carbocycles. The van der Waals surface area contributed by atoms with Crippen LogP contribution in [-0.4, -0.2) is 14.9 Å². The first-order valence-corrected chi connectivity index (χ1v) is 9.12. The predicted octanol–water partition coefficient (Wildman–Crippen LogP) is 5.12. The van der Waals surface area contributed by atoms with Crippen molar-refractivity contribution in [2.75, 3.05) is 10.6 Å². The topological polar surface area (TPSA) is 41.9 Å². The smallest absolute Gasteiger partial charge is 0.175 e. The summed E-state index contributed by atoms with van der Waals surface area (Å²) in [5.41, 5.74) is 5.49. The molecule has 0 atom stereocenters. The normalized spacial score (nSPS) is 10.5. The molecule has 0 bridgehead atoms. The van der Waals surface area contributed by atoms with E-state index in [4.69, 9.17) is 12.2 Å². The molecule has 0 unspecified atom stereocenters. The minimum atomic E-state index is 0.553. The van der Waals surface area contributed by atoms with Crippen LogP contribution in [0.4, 0.5) is 11.4 Å². The quantitative estimate of drug-likeness (QED) is 0.581. The zero-order chi connectivity index (χ0) is 17.8. The molecule has 0 fully saturated rings. The van der Waals surface area contributed by atoms with E-state index >= 15 is 0 Å². The summed E-state index contributed by atoms with van der Waals surface area (Å²) in [6, 6.07) is 14.3. The number of benzene rings is 2. The summed E-state index contributed by atoms with van der Waals surface area (Å²) < 4.78 is 2.95. The molecular weight excluding hydrogens is 396 g/mol. The zero-order valence-electron chi connectivity index (χ0n) is 14.1. The number of nitrogens with zero attached hydrogens (tertiary/aromatic N) is 2. The number of halogens is 1. The van der Waals surface area contributed by atoms with E-state index in [-0.39, 0.29) is 0 Å². The fourth-order valence-corrected chi connectivity index (χ4v) is 2.95. The van der Waals surface area contributed by atoms with Crippen LogP contribution in [-0.2, 0) is 6.54 Å². The molecule has 0 aliphatic carbocycles. The summed E-state index contributed by atoms with van der Waals surface area (Å²) in [5.74, 6) is 0. The number of thiocarbonyl (C=S) groups is 1. The van der Waals surface area contributed by atoms with Crippen molar-refractivity contribution in [3.63, 3.8) is 0 Å². The van der Waals surface area contributed by atoms with Gasteiger partial charge in [0.15, 0.2) is 5.11 Å². The lowest BCUT2D eigenvalue weighted by atomic mass is 10.1. The molecule has 1 aromatic heterocycles. The van der Waals surface area contributed by atoms with Crippen LogP contribution >= 0.6 is 28.1 Å². The number of rotatable bonds is 4. The molecule has 128 valence electrons. The van der Waals surface area contributed by atoms with Gasteiger partial charge in [0.2, 0.25) is 0 Å². The molecule has 2 N–H and O–H groups in total. The van der Waals surface area contributed by atoms with Gasteiger partial charge in [-0.15, -0.1) is 0 Å². The van der Waals surface area contributed by atoms with Gasteiger partial charge in [-0.05, 0) is 61.0 Å². The van der Waals surface area contributed by atoms with Gasteiger partial charge in [-0.3, -0.25) is 4.68 Å². The summed E-state index contributed by atoms with van der Waals surface area (Å²) in [6.45, 7) is 4.88. The maximum absolute atomic E-state index is 5.41. The second-order valence-corrected chi connectivity index (χ2v) is 7.20. The molecule has 3 aromatic rings. The lowest BCUT2D eigenvalue weighted by molar-refractivity contribution is 0.687. The third kappa shape index (κ3) is 4.67. The second kappa shape index (κ2) is 7.80. The molecule has 0 amide bonds. The van der Waals surface area contributed by atoms with Crippen molar-refractivity contribution in [3.8, 4) is 0 Å². The molecule has 0 aliphatic rings. The average Bonchev–Trinajstić information content (AvgIpc) is 3.01. The van der Waals surface area contributed by atoms with Gasteiger partial charge in [0.25, 0.3) is 0 Å². The van der Waals surface area contributed by atoms with E-state index in [2.05, 4.69) is 63.7 Å². The zero-order valence-corrected chi connectivity index (χ0v) is 16.5. The van der Waals surface area contributed by atoms with Gasteiger partial charge in [-0.25, -0.2) is 0 Å². The number of aromatic nitrogens is 2. The second-order valence-electron chi connectivity index (χ2n) is 5.88. The Balaban J connectivity index is 1.61. The minimum absolute atomic E-state index is 0.553. The predicted molar refractivity (Wildman–Crippen MR) is 111 cm³/mol. The largest absolute Gasteiger partial charge is 0.332 e. The lowest BCUT2D eigenvalue weighted by Gasteiger charge is -2.12. The van der Waals surface area contributed by atoms with Crippen LogP contribution in [0.25, 0.3) is 0 Å². The van der Waals surface area contributed by atoms with Crippen LogP contribution in [0.3, 0.4) is 0 Å². The Morgan fingerprint density at radius 2 is 1.88 bits per heavy atom. The van der Waals surface area contributed by atoms with Crippen molar-refractivity contribution in [1.82, 2.24) is 9.78 Å². The van der Waals surface area contributed by atoms with E-state index in [1.807, 2.05) is 35.1 Å². The fourth-order valence-electron chi connectivity index (χ4n) is 2.46. The highest BCUT2D eigenvalue weighted by Gasteiger charge is 2.05. The highest BCUT2D eigenvalue weighted by molar-refractivity contribution is 9.10. The van der Waals surface area contributed by atoms with Crippen molar-refractivity contribution >= 4 is 44.6 Å². The summed E-state index contributed by atoms with van der Waals surface area (Å²) in [6.07, 6.45) is 3.72. The molecule has 25 heavy (non-hydrogen) atoms. The molecule has 0 radical (unpaired) electrons. The molecular formula is C19H19BrN4S. The highest BCUT2D eigenvalue weighted by Crippen LogP contribution is 2.18. The Kier molecular flexibility index (Phi) is 5.50. The molecule has 2 aromatic carbocycles. The number of aryl methyl sites for hydroxylation is 1. The van der Waals surface area contributed by atoms with Gasteiger partial charge in [0.05, 0.1) is 18.4 Å². The van der Waals surface area contributed by atoms with Crippen molar-refractivity contribution < 1.29 is 0 Å². The fraction of sp³-hybridized carbons (Fsp3) is 0.158. The van der Waals surface area contributed by atoms with Crippen molar-refractivity contribution in [2.24, 2.45) is 0 Å². The van der Waals surface area contributed by atoms with Crippen molar-refractivity contribution in [1.29, 1.82) is 0 Å². The maximum atomic E-state index is 5.41. The van der Waals surface area contributed by atoms with Crippen LogP contribution < -0.4 is 10.6 Å². The van der Waals surface area contributed by atoms with Crippen LogP contribution in [0.5, 0.6) is 0 Å². The third-order valence-electron chi connectivity index (χ3n) is 4.00. The average molecular weight is 415 g/mol. The van der Waals surface area contributed by atoms with E-state index in [0.717, 1.165) is 15.8 Å². The van der Waals surface area contributed by atoms with Gasteiger partial charge in [0, 0.05) is 16.4 Å². The number of hydrogen-bond acceptors (Lipinski definition) is 2. The van der Waals surface area contributed by atoms with Crippen LogP contribution in [0.1, 0.15) is 16.7 Å². The first-order valence-electron chi connectivity index (χ1n) is 7.92.